The van der Waals surface area contributed by atoms with Gasteiger partial charge in [-0.05, 0) is 38.8 Å². The van der Waals surface area contributed by atoms with Crippen molar-refractivity contribution in [2.24, 2.45) is 5.92 Å². The first-order valence-electron chi connectivity index (χ1n) is 7.70. The minimum Gasteiger partial charge on any atom is -0.345 e. The Labute approximate surface area is 138 Å². The zero-order chi connectivity index (χ0) is 15.5. The van der Waals surface area contributed by atoms with E-state index in [2.05, 4.69) is 20.8 Å². The van der Waals surface area contributed by atoms with E-state index in [9.17, 15) is 4.79 Å². The van der Waals surface area contributed by atoms with Crippen LogP contribution in [0.3, 0.4) is 0 Å². The van der Waals surface area contributed by atoms with Crippen LogP contribution in [0.25, 0.3) is 0 Å². The molecule has 0 spiro atoms. The van der Waals surface area contributed by atoms with Crippen molar-refractivity contribution in [2.75, 3.05) is 13.1 Å². The maximum Gasteiger partial charge on any atom is 0.248 e. The van der Waals surface area contributed by atoms with E-state index in [-0.39, 0.29) is 29.8 Å². The number of carbonyl (C=O) groups excluding carboxylic acids is 1. The largest absolute Gasteiger partial charge is 0.345 e. The lowest BCUT2D eigenvalue weighted by molar-refractivity contribution is -0.122. The smallest absolute Gasteiger partial charge is 0.248 e. The van der Waals surface area contributed by atoms with Crippen LogP contribution in [0.5, 0.6) is 0 Å². The zero-order valence-corrected chi connectivity index (χ0v) is 14.6. The molecule has 0 saturated carbocycles. The Hall–Kier alpha value is -1.14. The zero-order valence-electron chi connectivity index (χ0n) is 13.8. The van der Waals surface area contributed by atoms with Gasteiger partial charge in [0.15, 0.2) is 5.82 Å². The maximum atomic E-state index is 12.0. The summed E-state index contributed by atoms with van der Waals surface area (Å²) in [6.07, 6.45) is 2.65. The first kappa shape index (κ1) is 18.9. The van der Waals surface area contributed by atoms with Gasteiger partial charge in [-0.25, -0.2) is 0 Å². The molecule has 2 rings (SSSR count). The standard InChI is InChI=1S/C15H26N4O2.ClH/c1-10(13-18-14(19-21-13)15(2,3)4)17-12(20)6-5-11-7-8-16-9-11;/h10-11,16H,5-9H2,1-4H3,(H,17,20);1H. The van der Waals surface area contributed by atoms with Crippen LogP contribution in [-0.4, -0.2) is 29.1 Å². The number of amides is 1. The number of hydrogen-bond acceptors (Lipinski definition) is 5. The molecule has 2 unspecified atom stereocenters. The minimum absolute atomic E-state index is 0. The van der Waals surface area contributed by atoms with Crippen molar-refractivity contribution < 1.29 is 9.32 Å². The summed E-state index contributed by atoms with van der Waals surface area (Å²) < 4.78 is 5.25. The van der Waals surface area contributed by atoms with Crippen LogP contribution in [0.2, 0.25) is 0 Å². The van der Waals surface area contributed by atoms with Crippen LogP contribution in [0.4, 0.5) is 0 Å². The van der Waals surface area contributed by atoms with Gasteiger partial charge in [-0.2, -0.15) is 4.98 Å². The van der Waals surface area contributed by atoms with Crippen LogP contribution in [-0.2, 0) is 10.2 Å². The predicted octanol–water partition coefficient (Wildman–Crippen LogP) is 2.36. The third kappa shape index (κ3) is 5.25. The van der Waals surface area contributed by atoms with Crippen molar-refractivity contribution in [3.05, 3.63) is 11.7 Å². The summed E-state index contributed by atoms with van der Waals surface area (Å²) in [6, 6.07) is -0.247. The second-order valence-electron chi connectivity index (χ2n) is 6.89. The molecular formula is C15H27ClN4O2. The Morgan fingerprint density at radius 3 is 2.77 bits per heavy atom. The lowest BCUT2D eigenvalue weighted by Gasteiger charge is -2.12. The first-order chi connectivity index (χ1) is 9.86. The van der Waals surface area contributed by atoms with Crippen LogP contribution in [0, 0.1) is 5.92 Å². The molecule has 1 aliphatic rings. The third-order valence-corrected chi connectivity index (χ3v) is 3.80. The van der Waals surface area contributed by atoms with Crippen molar-refractivity contribution in [1.82, 2.24) is 20.8 Å². The van der Waals surface area contributed by atoms with Crippen molar-refractivity contribution in [2.45, 2.75) is 58.4 Å². The van der Waals surface area contributed by atoms with Gasteiger partial charge in [0.05, 0.1) is 0 Å². The monoisotopic (exact) mass is 330 g/mol. The molecule has 0 aliphatic carbocycles. The van der Waals surface area contributed by atoms with E-state index in [0.29, 0.717) is 24.1 Å². The highest BCUT2D eigenvalue weighted by atomic mass is 35.5. The van der Waals surface area contributed by atoms with Gasteiger partial charge in [-0.1, -0.05) is 25.9 Å². The van der Waals surface area contributed by atoms with Crippen LogP contribution < -0.4 is 10.6 Å². The van der Waals surface area contributed by atoms with E-state index in [4.69, 9.17) is 4.52 Å². The lowest BCUT2D eigenvalue weighted by Crippen LogP contribution is -2.27. The van der Waals surface area contributed by atoms with Crippen LogP contribution >= 0.6 is 12.4 Å². The first-order valence-corrected chi connectivity index (χ1v) is 7.70. The van der Waals surface area contributed by atoms with E-state index in [1.54, 1.807) is 0 Å². The average molecular weight is 331 g/mol. The Kier molecular flexibility index (Phi) is 6.81. The van der Waals surface area contributed by atoms with Gasteiger partial charge in [0, 0.05) is 11.8 Å². The predicted molar refractivity (Wildman–Crippen MR) is 87.0 cm³/mol. The number of halogens is 1. The van der Waals surface area contributed by atoms with Gasteiger partial charge in [0.2, 0.25) is 11.8 Å². The number of nitrogens with one attached hydrogen (secondary N) is 2. The van der Waals surface area contributed by atoms with E-state index >= 15 is 0 Å². The number of hydrogen-bond donors (Lipinski definition) is 2. The summed E-state index contributed by atoms with van der Waals surface area (Å²) >= 11 is 0. The average Bonchev–Trinajstić information content (AvgIpc) is 3.07. The fourth-order valence-electron chi connectivity index (χ4n) is 2.39. The molecule has 126 valence electrons. The van der Waals surface area contributed by atoms with E-state index in [1.807, 2.05) is 27.7 Å². The Bertz CT molecular complexity index is 478. The highest BCUT2D eigenvalue weighted by Gasteiger charge is 2.24. The normalized spacial score (nSPS) is 19.5. The molecule has 0 aromatic carbocycles. The molecule has 2 heterocycles. The third-order valence-electron chi connectivity index (χ3n) is 3.80. The van der Waals surface area contributed by atoms with E-state index < -0.39 is 0 Å². The molecule has 22 heavy (non-hydrogen) atoms. The number of nitrogens with zero attached hydrogens (tertiary/aromatic N) is 2. The molecule has 6 nitrogen and oxygen atoms in total. The summed E-state index contributed by atoms with van der Waals surface area (Å²) in [5.74, 6) is 1.80. The molecule has 1 aromatic rings. The molecular weight excluding hydrogens is 304 g/mol. The molecule has 1 amide bonds. The second kappa shape index (κ2) is 7.92. The lowest BCUT2D eigenvalue weighted by atomic mass is 9.96. The van der Waals surface area contributed by atoms with Gasteiger partial charge < -0.3 is 15.2 Å². The summed E-state index contributed by atoms with van der Waals surface area (Å²) in [5.41, 5.74) is -0.152. The van der Waals surface area contributed by atoms with Crippen molar-refractivity contribution in [3.63, 3.8) is 0 Å². The quantitative estimate of drug-likeness (QED) is 0.866. The molecule has 1 saturated heterocycles. The van der Waals surface area contributed by atoms with E-state index in [0.717, 1.165) is 19.5 Å². The summed E-state index contributed by atoms with van der Waals surface area (Å²) in [5, 5.41) is 10.2. The van der Waals surface area contributed by atoms with Crippen molar-refractivity contribution in [3.8, 4) is 0 Å². The Morgan fingerprint density at radius 2 is 2.23 bits per heavy atom. The number of rotatable bonds is 5. The number of carbonyl (C=O) groups is 1. The van der Waals surface area contributed by atoms with Crippen molar-refractivity contribution in [1.29, 1.82) is 0 Å². The SMILES string of the molecule is CC(NC(=O)CCC1CCNC1)c1nc(C(C)(C)C)no1.Cl. The van der Waals surface area contributed by atoms with Crippen LogP contribution in [0.1, 0.15) is 64.7 Å². The minimum atomic E-state index is -0.247. The highest BCUT2D eigenvalue weighted by molar-refractivity contribution is 5.85. The number of aromatic nitrogens is 2. The second-order valence-corrected chi connectivity index (χ2v) is 6.89. The van der Waals surface area contributed by atoms with Gasteiger partial charge in [0.1, 0.15) is 6.04 Å². The van der Waals surface area contributed by atoms with Gasteiger partial charge in [0.25, 0.3) is 0 Å². The molecule has 1 aromatic heterocycles. The van der Waals surface area contributed by atoms with Crippen molar-refractivity contribution >= 4 is 18.3 Å². The molecule has 2 N–H and O–H groups in total. The molecule has 1 aliphatic heterocycles. The van der Waals surface area contributed by atoms with Gasteiger partial charge in [-0.15, -0.1) is 12.4 Å². The summed E-state index contributed by atoms with van der Waals surface area (Å²) in [7, 11) is 0. The summed E-state index contributed by atoms with van der Waals surface area (Å²) in [6.45, 7) is 10.1. The topological polar surface area (TPSA) is 80.0 Å². The molecule has 0 bridgehead atoms. The fraction of sp³-hybridized carbons (Fsp3) is 0.800. The molecule has 0 radical (unpaired) electrons. The maximum absolute atomic E-state index is 12.0. The molecule has 2 atom stereocenters. The Balaban J connectivity index is 0.00000242. The highest BCUT2D eigenvalue weighted by Crippen LogP contribution is 2.21. The van der Waals surface area contributed by atoms with Gasteiger partial charge in [-0.3, -0.25) is 4.79 Å². The van der Waals surface area contributed by atoms with Gasteiger partial charge >= 0.3 is 0 Å². The fourth-order valence-corrected chi connectivity index (χ4v) is 2.39. The molecule has 1 fully saturated rings. The Morgan fingerprint density at radius 1 is 1.50 bits per heavy atom. The van der Waals surface area contributed by atoms with Crippen LogP contribution in [0.15, 0.2) is 4.52 Å². The summed E-state index contributed by atoms with van der Waals surface area (Å²) in [4.78, 5) is 16.3. The molecule has 7 heteroatoms. The van der Waals surface area contributed by atoms with E-state index in [1.165, 1.54) is 6.42 Å².